The molecule has 2 amide bonds. The average Bonchev–Trinajstić information content (AvgIpc) is 3.26. The summed E-state index contributed by atoms with van der Waals surface area (Å²) in [6.45, 7) is 3.91. The van der Waals surface area contributed by atoms with Gasteiger partial charge in [0.25, 0.3) is 5.91 Å². The highest BCUT2D eigenvalue weighted by atomic mass is 32.1. The number of ether oxygens (including phenoxy) is 2. The summed E-state index contributed by atoms with van der Waals surface area (Å²) < 4.78 is 11.4. The number of rotatable bonds is 7. The first-order valence-electron chi connectivity index (χ1n) is 8.65. The number of thiazole rings is 1. The third-order valence-corrected chi connectivity index (χ3v) is 6.43. The van der Waals surface area contributed by atoms with Crippen LogP contribution in [0.15, 0.2) is 18.2 Å². The number of nitrogens with zero attached hydrogens (tertiary/aromatic N) is 1. The lowest BCUT2D eigenvalue weighted by molar-refractivity contribution is -0.115. The van der Waals surface area contributed by atoms with Gasteiger partial charge in [-0.1, -0.05) is 18.3 Å². The molecule has 9 heteroatoms. The predicted octanol–water partition coefficient (Wildman–Crippen LogP) is 3.61. The Kier molecular flexibility index (Phi) is 6.15. The van der Waals surface area contributed by atoms with Gasteiger partial charge in [0.1, 0.15) is 0 Å². The van der Waals surface area contributed by atoms with Gasteiger partial charge < -0.3 is 20.1 Å². The Morgan fingerprint density at radius 3 is 2.46 bits per heavy atom. The van der Waals surface area contributed by atoms with Crippen molar-refractivity contribution in [1.82, 2.24) is 10.3 Å². The van der Waals surface area contributed by atoms with Crippen molar-refractivity contribution in [3.8, 4) is 11.5 Å². The molecule has 1 aromatic carbocycles. The zero-order valence-corrected chi connectivity index (χ0v) is 17.7. The molecular formula is C19H21N3O4S2. The van der Waals surface area contributed by atoms with Crippen molar-refractivity contribution in [3.05, 3.63) is 33.5 Å². The van der Waals surface area contributed by atoms with E-state index in [1.165, 1.54) is 27.6 Å². The minimum Gasteiger partial charge on any atom is -0.493 e. The van der Waals surface area contributed by atoms with Crippen LogP contribution < -0.4 is 20.1 Å². The van der Waals surface area contributed by atoms with Crippen molar-refractivity contribution < 1.29 is 19.1 Å². The summed E-state index contributed by atoms with van der Waals surface area (Å²) in [6.07, 6.45) is 0.886. The summed E-state index contributed by atoms with van der Waals surface area (Å²) in [4.78, 5) is 30.6. The molecule has 0 aliphatic heterocycles. The van der Waals surface area contributed by atoms with E-state index in [2.05, 4.69) is 22.5 Å². The predicted molar refractivity (Wildman–Crippen MR) is 112 cm³/mol. The van der Waals surface area contributed by atoms with E-state index in [-0.39, 0.29) is 18.4 Å². The van der Waals surface area contributed by atoms with Crippen molar-refractivity contribution in [2.24, 2.45) is 0 Å². The van der Waals surface area contributed by atoms with Gasteiger partial charge in [0.05, 0.1) is 35.9 Å². The second-order valence-electron chi connectivity index (χ2n) is 6.00. The summed E-state index contributed by atoms with van der Waals surface area (Å²) in [5.41, 5.74) is 1.80. The van der Waals surface area contributed by atoms with Crippen molar-refractivity contribution in [1.29, 1.82) is 0 Å². The van der Waals surface area contributed by atoms with Crippen molar-refractivity contribution >= 4 is 49.8 Å². The van der Waals surface area contributed by atoms with Crippen LogP contribution in [0.2, 0.25) is 0 Å². The molecule has 0 unspecified atom stereocenters. The van der Waals surface area contributed by atoms with E-state index >= 15 is 0 Å². The molecule has 2 aromatic heterocycles. The molecule has 7 nitrogen and oxygen atoms in total. The molecule has 148 valence electrons. The molecule has 3 rings (SSSR count). The molecule has 0 atom stereocenters. The summed E-state index contributed by atoms with van der Waals surface area (Å²) in [7, 11) is 3.12. The highest BCUT2D eigenvalue weighted by Gasteiger charge is 2.15. The zero-order valence-electron chi connectivity index (χ0n) is 16.0. The number of carbonyl (C=O) groups excluding carboxylic acids is 2. The number of aromatic nitrogens is 1. The van der Waals surface area contributed by atoms with Gasteiger partial charge in [0, 0.05) is 17.0 Å². The number of methoxy groups -OCH3 is 2. The van der Waals surface area contributed by atoms with Gasteiger partial charge in [-0.2, -0.15) is 0 Å². The first-order valence-corrected chi connectivity index (χ1v) is 10.3. The minimum absolute atomic E-state index is 0.125. The fourth-order valence-electron chi connectivity index (χ4n) is 2.70. The second-order valence-corrected chi connectivity index (χ2v) is 8.16. The number of aryl methyl sites for hydroxylation is 2. The number of anilines is 1. The molecule has 28 heavy (non-hydrogen) atoms. The molecule has 0 fully saturated rings. The lowest BCUT2D eigenvalue weighted by Crippen LogP contribution is -2.32. The molecule has 0 saturated carbocycles. The van der Waals surface area contributed by atoms with Crippen LogP contribution in [-0.4, -0.2) is 37.6 Å². The quantitative estimate of drug-likeness (QED) is 0.611. The Hall–Kier alpha value is -2.65. The number of thiophene rings is 1. The van der Waals surface area contributed by atoms with Gasteiger partial charge in [-0.3, -0.25) is 9.59 Å². The van der Waals surface area contributed by atoms with E-state index in [9.17, 15) is 9.59 Å². The molecule has 2 heterocycles. The van der Waals surface area contributed by atoms with E-state index in [4.69, 9.17) is 9.47 Å². The van der Waals surface area contributed by atoms with Crippen LogP contribution in [0, 0.1) is 6.92 Å². The van der Waals surface area contributed by atoms with E-state index in [1.807, 2.05) is 19.1 Å². The molecule has 2 N–H and O–H groups in total. The normalized spacial score (nSPS) is 10.7. The van der Waals surface area contributed by atoms with Crippen LogP contribution in [-0.2, 0) is 11.2 Å². The second kappa shape index (κ2) is 8.57. The minimum atomic E-state index is -0.338. The lowest BCUT2D eigenvalue weighted by Gasteiger charge is -2.05. The summed E-state index contributed by atoms with van der Waals surface area (Å²) in [5, 5.41) is 5.82. The van der Waals surface area contributed by atoms with Crippen LogP contribution in [0.1, 0.15) is 27.0 Å². The van der Waals surface area contributed by atoms with E-state index in [0.29, 0.717) is 27.0 Å². The fraction of sp³-hybridized carbons (Fsp3) is 0.316. The Morgan fingerprint density at radius 1 is 1.11 bits per heavy atom. The number of amides is 2. The monoisotopic (exact) mass is 419 g/mol. The molecular weight excluding hydrogens is 398 g/mol. The van der Waals surface area contributed by atoms with Crippen molar-refractivity contribution in [3.63, 3.8) is 0 Å². The Balaban J connectivity index is 1.63. The molecule has 0 aliphatic rings. The number of benzene rings is 1. The maximum absolute atomic E-state index is 12.2. The van der Waals surface area contributed by atoms with E-state index in [0.717, 1.165) is 16.7 Å². The van der Waals surface area contributed by atoms with E-state index in [1.54, 1.807) is 20.3 Å². The smallest absolute Gasteiger partial charge is 0.261 e. The SMILES string of the molecule is CCc1sc(C(=O)NCC(=O)Nc2nc3cc(OC)c(OC)cc3s2)cc1C. The topological polar surface area (TPSA) is 89.6 Å². The number of hydrogen-bond acceptors (Lipinski definition) is 7. The summed E-state index contributed by atoms with van der Waals surface area (Å²) >= 11 is 2.78. The van der Waals surface area contributed by atoms with Crippen LogP contribution in [0.4, 0.5) is 5.13 Å². The third-order valence-electron chi connectivity index (χ3n) is 4.12. The average molecular weight is 420 g/mol. The number of hydrogen-bond donors (Lipinski definition) is 2. The maximum atomic E-state index is 12.2. The molecule has 0 bridgehead atoms. The Labute approximate surface area is 170 Å². The first-order chi connectivity index (χ1) is 13.4. The van der Waals surface area contributed by atoms with Gasteiger partial charge in [0.15, 0.2) is 16.6 Å². The van der Waals surface area contributed by atoms with E-state index < -0.39 is 0 Å². The number of fused-ring (bicyclic) bond motifs is 1. The van der Waals surface area contributed by atoms with Crippen LogP contribution in [0.3, 0.4) is 0 Å². The number of nitrogens with one attached hydrogen (secondary N) is 2. The van der Waals surface area contributed by atoms with Crippen molar-refractivity contribution in [2.75, 3.05) is 26.1 Å². The fourth-order valence-corrected chi connectivity index (χ4v) is 4.62. The zero-order chi connectivity index (χ0) is 20.3. The van der Waals surface area contributed by atoms with Crippen LogP contribution in [0.5, 0.6) is 11.5 Å². The van der Waals surface area contributed by atoms with Gasteiger partial charge in [-0.05, 0) is 25.0 Å². The highest BCUT2D eigenvalue weighted by Crippen LogP contribution is 2.36. The van der Waals surface area contributed by atoms with Crippen LogP contribution >= 0.6 is 22.7 Å². The summed E-state index contributed by atoms with van der Waals surface area (Å²) in [6, 6.07) is 5.42. The van der Waals surface area contributed by atoms with Gasteiger partial charge >= 0.3 is 0 Å². The van der Waals surface area contributed by atoms with Crippen LogP contribution in [0.25, 0.3) is 10.2 Å². The highest BCUT2D eigenvalue weighted by molar-refractivity contribution is 7.22. The van der Waals surface area contributed by atoms with Gasteiger partial charge in [-0.15, -0.1) is 11.3 Å². The molecule has 0 radical (unpaired) electrons. The molecule has 0 saturated heterocycles. The maximum Gasteiger partial charge on any atom is 0.261 e. The largest absolute Gasteiger partial charge is 0.493 e. The lowest BCUT2D eigenvalue weighted by atomic mass is 10.2. The van der Waals surface area contributed by atoms with Gasteiger partial charge in [0.2, 0.25) is 5.91 Å². The van der Waals surface area contributed by atoms with Gasteiger partial charge in [-0.25, -0.2) is 4.98 Å². The Bertz CT molecular complexity index is 985. The van der Waals surface area contributed by atoms with Crippen molar-refractivity contribution in [2.45, 2.75) is 20.3 Å². The number of carbonyl (C=O) groups is 2. The summed E-state index contributed by atoms with van der Waals surface area (Å²) in [5.74, 6) is 0.585. The third kappa shape index (κ3) is 4.26. The Morgan fingerprint density at radius 2 is 1.82 bits per heavy atom. The molecule has 0 aliphatic carbocycles. The molecule has 3 aromatic rings. The standard InChI is InChI=1S/C19H21N3O4S2/c1-5-14-10(2)6-16(27-14)18(24)20-9-17(23)22-19-21-11-7-12(25-3)13(26-4)8-15(11)28-19/h6-8H,5,9H2,1-4H3,(H,20,24)(H,21,22,23). The first kappa shape index (κ1) is 20.1. The molecule has 0 spiro atoms.